The van der Waals surface area contributed by atoms with Crippen LogP contribution in [0.1, 0.15) is 0 Å². The SMILES string of the molecule is c1ccc(-c2ccc(-c3cc(-c4ccccc4)ccc3N(c3ccccc3)c3nc(-c4cccc5ccccc45)c4ccc5ccccc5c4n3)cc2)cc1. The summed E-state index contributed by atoms with van der Waals surface area (Å²) in [5.74, 6) is 0.604. The predicted octanol–water partition coefficient (Wildman–Crippen LogP) is 14.1. The molecule has 0 N–H and O–H groups in total. The average Bonchev–Trinajstić information content (AvgIpc) is 3.27. The van der Waals surface area contributed by atoms with Gasteiger partial charge in [0.05, 0.1) is 16.9 Å². The first-order chi connectivity index (χ1) is 27.3. The van der Waals surface area contributed by atoms with Gasteiger partial charge in [-0.25, -0.2) is 9.97 Å². The summed E-state index contributed by atoms with van der Waals surface area (Å²) < 4.78 is 0. The molecule has 0 spiro atoms. The van der Waals surface area contributed by atoms with Gasteiger partial charge in [0.2, 0.25) is 5.95 Å². The van der Waals surface area contributed by atoms with Crippen molar-refractivity contribution in [2.45, 2.75) is 0 Å². The molecule has 9 aromatic carbocycles. The standard InChI is InChI=1S/C52H35N3/c1-4-15-36(16-5-1)38-27-29-41(30-28-38)48-35-42(37-17-6-2-7-18-37)32-34-49(48)55(43-22-8-3-9-23-43)52-53-50-45-25-13-11-20-40(45)31-33-47(50)51(54-52)46-26-14-21-39-19-10-12-24-44(39)46/h1-35H. The predicted molar refractivity (Wildman–Crippen MR) is 231 cm³/mol. The fraction of sp³-hybridized carbons (Fsp3) is 0. The zero-order chi connectivity index (χ0) is 36.6. The van der Waals surface area contributed by atoms with Crippen LogP contribution in [0.5, 0.6) is 0 Å². The van der Waals surface area contributed by atoms with Crippen molar-refractivity contribution in [1.29, 1.82) is 0 Å². The number of rotatable bonds is 7. The number of benzene rings is 9. The van der Waals surface area contributed by atoms with Crippen molar-refractivity contribution in [3.8, 4) is 44.6 Å². The summed E-state index contributed by atoms with van der Waals surface area (Å²) in [5.41, 5.74) is 11.7. The first kappa shape index (κ1) is 32.3. The summed E-state index contributed by atoms with van der Waals surface area (Å²) in [7, 11) is 0. The van der Waals surface area contributed by atoms with E-state index >= 15 is 0 Å². The van der Waals surface area contributed by atoms with Crippen molar-refractivity contribution in [2.75, 3.05) is 4.90 Å². The number of nitrogens with zero attached hydrogens (tertiary/aromatic N) is 3. The van der Waals surface area contributed by atoms with E-state index in [4.69, 9.17) is 9.97 Å². The molecule has 0 atom stereocenters. The molecule has 3 heteroatoms. The summed E-state index contributed by atoms with van der Waals surface area (Å²) in [6.45, 7) is 0. The van der Waals surface area contributed by atoms with Gasteiger partial charge in [0, 0.05) is 27.6 Å². The number of anilines is 3. The van der Waals surface area contributed by atoms with Gasteiger partial charge in [0.1, 0.15) is 0 Å². The lowest BCUT2D eigenvalue weighted by Gasteiger charge is -2.27. The molecule has 0 unspecified atom stereocenters. The fourth-order valence-electron chi connectivity index (χ4n) is 7.77. The molecule has 55 heavy (non-hydrogen) atoms. The molecule has 1 heterocycles. The third-order valence-corrected chi connectivity index (χ3v) is 10.5. The number of hydrogen-bond donors (Lipinski definition) is 0. The van der Waals surface area contributed by atoms with Gasteiger partial charge in [-0.05, 0) is 74.3 Å². The Kier molecular flexibility index (Phi) is 8.16. The topological polar surface area (TPSA) is 29.0 Å². The zero-order valence-corrected chi connectivity index (χ0v) is 30.0. The van der Waals surface area contributed by atoms with Crippen LogP contribution in [0, 0.1) is 0 Å². The Labute approximate surface area is 320 Å². The molecule has 0 aliphatic rings. The quantitative estimate of drug-likeness (QED) is 0.155. The van der Waals surface area contributed by atoms with E-state index in [9.17, 15) is 0 Å². The Hall–Kier alpha value is -7.36. The molecule has 0 aliphatic heterocycles. The maximum absolute atomic E-state index is 5.57. The highest BCUT2D eigenvalue weighted by molar-refractivity contribution is 6.12. The van der Waals surface area contributed by atoms with E-state index in [1.165, 1.54) is 16.5 Å². The molecular formula is C52H35N3. The van der Waals surface area contributed by atoms with E-state index in [0.29, 0.717) is 5.95 Å². The van der Waals surface area contributed by atoms with Crippen LogP contribution in [-0.2, 0) is 0 Å². The minimum Gasteiger partial charge on any atom is -0.279 e. The van der Waals surface area contributed by atoms with Crippen LogP contribution in [0.3, 0.4) is 0 Å². The van der Waals surface area contributed by atoms with Crippen molar-refractivity contribution in [2.24, 2.45) is 0 Å². The largest absolute Gasteiger partial charge is 0.279 e. The summed E-state index contributed by atoms with van der Waals surface area (Å²) in [6.07, 6.45) is 0. The van der Waals surface area contributed by atoms with Crippen LogP contribution < -0.4 is 4.90 Å². The normalized spacial score (nSPS) is 11.3. The van der Waals surface area contributed by atoms with E-state index < -0.39 is 0 Å². The summed E-state index contributed by atoms with van der Waals surface area (Å²) in [6, 6.07) is 75.1. The fourth-order valence-corrected chi connectivity index (χ4v) is 7.77. The first-order valence-corrected chi connectivity index (χ1v) is 18.7. The number of aromatic nitrogens is 2. The maximum atomic E-state index is 5.57. The highest BCUT2D eigenvalue weighted by atomic mass is 15.3. The Bertz CT molecular complexity index is 2950. The van der Waals surface area contributed by atoms with Gasteiger partial charge >= 0.3 is 0 Å². The van der Waals surface area contributed by atoms with Gasteiger partial charge in [0.25, 0.3) is 0 Å². The molecule has 0 fully saturated rings. The van der Waals surface area contributed by atoms with Crippen molar-refractivity contribution >= 4 is 49.8 Å². The summed E-state index contributed by atoms with van der Waals surface area (Å²) >= 11 is 0. The molecule has 0 saturated carbocycles. The van der Waals surface area contributed by atoms with E-state index in [1.54, 1.807) is 0 Å². The summed E-state index contributed by atoms with van der Waals surface area (Å²) in [4.78, 5) is 13.3. The second kappa shape index (κ2) is 13.9. The third kappa shape index (κ3) is 5.98. The molecule has 0 aliphatic carbocycles. The monoisotopic (exact) mass is 701 g/mol. The first-order valence-electron chi connectivity index (χ1n) is 18.7. The van der Waals surface area contributed by atoms with Gasteiger partial charge < -0.3 is 0 Å². The maximum Gasteiger partial charge on any atom is 0.235 e. The van der Waals surface area contributed by atoms with Crippen LogP contribution in [0.2, 0.25) is 0 Å². The Balaban J connectivity index is 1.26. The number of hydrogen-bond acceptors (Lipinski definition) is 3. The minimum absolute atomic E-state index is 0.604. The van der Waals surface area contributed by atoms with Crippen LogP contribution in [0.4, 0.5) is 17.3 Å². The molecule has 1 aromatic heterocycles. The lowest BCUT2D eigenvalue weighted by atomic mass is 9.95. The molecule has 3 nitrogen and oxygen atoms in total. The van der Waals surface area contributed by atoms with E-state index in [0.717, 1.165) is 71.9 Å². The smallest absolute Gasteiger partial charge is 0.235 e. The summed E-state index contributed by atoms with van der Waals surface area (Å²) in [5, 5.41) is 5.58. The van der Waals surface area contributed by atoms with Crippen LogP contribution >= 0.6 is 0 Å². The van der Waals surface area contributed by atoms with E-state index in [1.807, 2.05) is 0 Å². The van der Waals surface area contributed by atoms with Gasteiger partial charge in [-0.1, -0.05) is 182 Å². The lowest BCUT2D eigenvalue weighted by Crippen LogP contribution is -2.15. The van der Waals surface area contributed by atoms with Crippen molar-refractivity contribution < 1.29 is 0 Å². The zero-order valence-electron chi connectivity index (χ0n) is 30.0. The van der Waals surface area contributed by atoms with Crippen molar-refractivity contribution in [3.63, 3.8) is 0 Å². The minimum atomic E-state index is 0.604. The average molecular weight is 702 g/mol. The Morgan fingerprint density at radius 3 is 1.60 bits per heavy atom. The molecule has 0 bridgehead atoms. The molecule has 10 aromatic rings. The third-order valence-electron chi connectivity index (χ3n) is 10.5. The van der Waals surface area contributed by atoms with Gasteiger partial charge in [-0.15, -0.1) is 0 Å². The van der Waals surface area contributed by atoms with Crippen LogP contribution in [-0.4, -0.2) is 9.97 Å². The molecule has 10 rings (SSSR count). The van der Waals surface area contributed by atoms with Crippen LogP contribution in [0.25, 0.3) is 77.1 Å². The van der Waals surface area contributed by atoms with Crippen molar-refractivity contribution in [3.05, 3.63) is 212 Å². The van der Waals surface area contributed by atoms with Crippen molar-refractivity contribution in [1.82, 2.24) is 9.97 Å². The van der Waals surface area contributed by atoms with Gasteiger partial charge in [-0.3, -0.25) is 4.90 Å². The van der Waals surface area contributed by atoms with E-state index in [-0.39, 0.29) is 0 Å². The highest BCUT2D eigenvalue weighted by Gasteiger charge is 2.23. The molecular weight excluding hydrogens is 667 g/mol. The van der Waals surface area contributed by atoms with Crippen LogP contribution in [0.15, 0.2) is 212 Å². The Morgan fingerprint density at radius 1 is 0.327 bits per heavy atom. The molecule has 0 saturated heterocycles. The second-order valence-corrected chi connectivity index (χ2v) is 13.8. The number of para-hydroxylation sites is 1. The van der Waals surface area contributed by atoms with Gasteiger partial charge in [-0.2, -0.15) is 0 Å². The van der Waals surface area contributed by atoms with Gasteiger partial charge in [0.15, 0.2) is 0 Å². The highest BCUT2D eigenvalue weighted by Crippen LogP contribution is 2.44. The lowest BCUT2D eigenvalue weighted by molar-refractivity contribution is 1.11. The molecule has 258 valence electrons. The van der Waals surface area contributed by atoms with E-state index in [2.05, 4.69) is 217 Å². The second-order valence-electron chi connectivity index (χ2n) is 13.8. The molecule has 0 radical (unpaired) electrons. The Morgan fingerprint density at radius 2 is 0.873 bits per heavy atom. The molecule has 0 amide bonds. The number of fused-ring (bicyclic) bond motifs is 4.